The zero-order valence-electron chi connectivity index (χ0n) is 15.8. The van der Waals surface area contributed by atoms with Crippen LogP contribution in [0.3, 0.4) is 0 Å². The van der Waals surface area contributed by atoms with Gasteiger partial charge in [-0.15, -0.1) is 0 Å². The van der Waals surface area contributed by atoms with Crippen LogP contribution in [-0.4, -0.2) is 34.8 Å². The molecule has 0 aliphatic carbocycles. The Morgan fingerprint density at radius 1 is 1.19 bits per heavy atom. The third-order valence-electron chi connectivity index (χ3n) is 5.25. The van der Waals surface area contributed by atoms with Crippen LogP contribution in [0.15, 0.2) is 29.2 Å². The van der Waals surface area contributed by atoms with Gasteiger partial charge in [-0.05, 0) is 18.6 Å². The van der Waals surface area contributed by atoms with Crippen LogP contribution >= 0.6 is 11.6 Å². The summed E-state index contributed by atoms with van der Waals surface area (Å²) in [7, 11) is 0. The van der Waals surface area contributed by atoms with Crippen LogP contribution in [0, 0.1) is 17.5 Å². The van der Waals surface area contributed by atoms with Gasteiger partial charge in [0.15, 0.2) is 5.82 Å². The molecule has 1 fully saturated rings. The van der Waals surface area contributed by atoms with E-state index in [2.05, 4.69) is 0 Å². The van der Waals surface area contributed by atoms with E-state index in [-0.39, 0.29) is 22.1 Å². The standard InChI is InChI=1S/C20H16ClF3N4O3/c21-11-3-9-17(16(24)18(11)27-2-1-8(25)6-27)28(7-10(19(9)29)20(30)31)15-5-14(26)12(22)4-13(15)23/h3-5,7-8H,1-2,6,25-26H2,(H,30,31). The molecule has 1 unspecified atom stereocenters. The fourth-order valence-corrected chi connectivity index (χ4v) is 4.08. The summed E-state index contributed by atoms with van der Waals surface area (Å²) in [6.45, 7) is 0.704. The molecule has 31 heavy (non-hydrogen) atoms. The molecule has 162 valence electrons. The lowest BCUT2D eigenvalue weighted by molar-refractivity contribution is 0.0695. The van der Waals surface area contributed by atoms with Gasteiger partial charge in [-0.2, -0.15) is 0 Å². The van der Waals surface area contributed by atoms with Crippen molar-refractivity contribution in [2.45, 2.75) is 12.5 Å². The van der Waals surface area contributed by atoms with Crippen LogP contribution in [-0.2, 0) is 0 Å². The van der Waals surface area contributed by atoms with E-state index in [1.54, 1.807) is 4.90 Å². The monoisotopic (exact) mass is 452 g/mol. The number of nitrogen functional groups attached to an aromatic ring is 1. The minimum atomic E-state index is -1.61. The van der Waals surface area contributed by atoms with E-state index in [1.807, 2.05) is 0 Å². The number of hydrogen-bond donors (Lipinski definition) is 3. The number of benzene rings is 2. The number of rotatable bonds is 3. The maximum Gasteiger partial charge on any atom is 0.341 e. The highest BCUT2D eigenvalue weighted by Crippen LogP contribution is 2.37. The number of anilines is 2. The summed E-state index contributed by atoms with van der Waals surface area (Å²) >= 11 is 6.25. The smallest absolute Gasteiger partial charge is 0.341 e. The highest BCUT2D eigenvalue weighted by atomic mass is 35.5. The highest BCUT2D eigenvalue weighted by Gasteiger charge is 2.28. The normalized spacial score (nSPS) is 16.3. The van der Waals surface area contributed by atoms with Crippen molar-refractivity contribution >= 4 is 39.8 Å². The van der Waals surface area contributed by atoms with E-state index < -0.39 is 51.3 Å². The summed E-state index contributed by atoms with van der Waals surface area (Å²) in [6, 6.07) is 2.30. The summed E-state index contributed by atoms with van der Waals surface area (Å²) in [5.41, 5.74) is 8.34. The lowest BCUT2D eigenvalue weighted by Gasteiger charge is -2.23. The van der Waals surface area contributed by atoms with E-state index >= 15 is 4.39 Å². The number of carboxylic acids is 1. The molecule has 0 amide bonds. The second-order valence-electron chi connectivity index (χ2n) is 7.28. The first-order valence-electron chi connectivity index (χ1n) is 9.16. The zero-order valence-corrected chi connectivity index (χ0v) is 16.6. The van der Waals surface area contributed by atoms with Crippen molar-refractivity contribution < 1.29 is 23.1 Å². The molecule has 0 saturated carbocycles. The van der Waals surface area contributed by atoms with Crippen LogP contribution in [0.25, 0.3) is 16.6 Å². The van der Waals surface area contributed by atoms with Crippen LogP contribution in [0.5, 0.6) is 0 Å². The lowest BCUT2D eigenvalue weighted by Crippen LogP contribution is -2.28. The minimum Gasteiger partial charge on any atom is -0.477 e. The fraction of sp³-hybridized carbons (Fsp3) is 0.200. The number of carbonyl (C=O) groups is 1. The molecule has 1 aliphatic heterocycles. The van der Waals surface area contributed by atoms with Crippen molar-refractivity contribution in [1.82, 2.24) is 4.57 Å². The Balaban J connectivity index is 2.14. The Kier molecular flexibility index (Phi) is 5.06. The van der Waals surface area contributed by atoms with Gasteiger partial charge < -0.3 is 26.0 Å². The molecule has 5 N–H and O–H groups in total. The molecule has 2 aromatic carbocycles. The largest absolute Gasteiger partial charge is 0.477 e. The van der Waals surface area contributed by atoms with Crippen molar-refractivity contribution in [1.29, 1.82) is 0 Å². The van der Waals surface area contributed by atoms with Gasteiger partial charge in [0.25, 0.3) is 0 Å². The summed E-state index contributed by atoms with van der Waals surface area (Å²) < 4.78 is 44.9. The lowest BCUT2D eigenvalue weighted by atomic mass is 10.1. The number of pyridine rings is 1. The average molecular weight is 453 g/mol. The first-order valence-corrected chi connectivity index (χ1v) is 9.54. The molecule has 1 aromatic heterocycles. The molecule has 11 heteroatoms. The molecular weight excluding hydrogens is 437 g/mol. The van der Waals surface area contributed by atoms with Crippen LogP contribution in [0.2, 0.25) is 5.02 Å². The Labute approximate surface area is 178 Å². The van der Waals surface area contributed by atoms with E-state index in [4.69, 9.17) is 23.1 Å². The van der Waals surface area contributed by atoms with Gasteiger partial charge in [-0.1, -0.05) is 11.6 Å². The van der Waals surface area contributed by atoms with E-state index in [0.717, 1.165) is 22.9 Å². The van der Waals surface area contributed by atoms with Crippen molar-refractivity contribution in [3.05, 3.63) is 62.7 Å². The van der Waals surface area contributed by atoms with Gasteiger partial charge in [-0.25, -0.2) is 18.0 Å². The highest BCUT2D eigenvalue weighted by molar-refractivity contribution is 6.34. The predicted octanol–water partition coefficient (Wildman–Crippen LogP) is 2.88. The third kappa shape index (κ3) is 3.37. The molecule has 1 atom stereocenters. The van der Waals surface area contributed by atoms with Gasteiger partial charge in [-0.3, -0.25) is 4.79 Å². The zero-order chi connectivity index (χ0) is 22.6. The second-order valence-corrected chi connectivity index (χ2v) is 7.69. The Morgan fingerprint density at radius 3 is 2.52 bits per heavy atom. The first kappa shape index (κ1) is 21.0. The van der Waals surface area contributed by atoms with Crippen LogP contribution in [0.1, 0.15) is 16.8 Å². The maximum atomic E-state index is 15.8. The van der Waals surface area contributed by atoms with E-state index in [1.165, 1.54) is 0 Å². The molecule has 2 heterocycles. The molecule has 1 aliphatic rings. The molecule has 0 spiro atoms. The maximum absolute atomic E-state index is 15.8. The summed E-state index contributed by atoms with van der Waals surface area (Å²) in [5, 5.41) is 8.92. The quantitative estimate of drug-likeness (QED) is 0.526. The van der Waals surface area contributed by atoms with Crippen molar-refractivity contribution in [3.8, 4) is 5.69 Å². The number of aromatic nitrogens is 1. The number of nitrogens with zero attached hydrogens (tertiary/aromatic N) is 2. The fourth-order valence-electron chi connectivity index (χ4n) is 3.77. The van der Waals surface area contributed by atoms with Crippen molar-refractivity contribution in [2.75, 3.05) is 23.7 Å². The molecule has 0 bridgehead atoms. The van der Waals surface area contributed by atoms with E-state index in [0.29, 0.717) is 25.6 Å². The molecule has 1 saturated heterocycles. The van der Waals surface area contributed by atoms with Gasteiger partial charge in [0, 0.05) is 31.4 Å². The molecular formula is C20H16ClF3N4O3. The van der Waals surface area contributed by atoms with Gasteiger partial charge in [0.2, 0.25) is 5.43 Å². The van der Waals surface area contributed by atoms with Crippen LogP contribution < -0.4 is 21.8 Å². The van der Waals surface area contributed by atoms with Crippen LogP contribution in [0.4, 0.5) is 24.5 Å². The van der Waals surface area contributed by atoms with Gasteiger partial charge in [0.1, 0.15) is 17.2 Å². The average Bonchev–Trinajstić information content (AvgIpc) is 3.11. The van der Waals surface area contributed by atoms with E-state index in [9.17, 15) is 23.5 Å². The number of aromatic carboxylic acids is 1. The van der Waals surface area contributed by atoms with Crippen molar-refractivity contribution in [2.24, 2.45) is 5.73 Å². The second kappa shape index (κ2) is 7.47. The topological polar surface area (TPSA) is 115 Å². The number of halogens is 4. The number of fused-ring (bicyclic) bond motifs is 1. The number of carboxylic acid groups (broad SMARTS) is 1. The van der Waals surface area contributed by atoms with Crippen molar-refractivity contribution in [3.63, 3.8) is 0 Å². The van der Waals surface area contributed by atoms with Gasteiger partial charge in [0.05, 0.1) is 33.0 Å². The summed E-state index contributed by atoms with van der Waals surface area (Å²) in [4.78, 5) is 25.9. The number of nitrogens with two attached hydrogens (primary N) is 2. The Hall–Kier alpha value is -3.24. The molecule has 0 radical (unpaired) electrons. The minimum absolute atomic E-state index is 0.0474. The number of hydrogen-bond acceptors (Lipinski definition) is 5. The molecule has 4 rings (SSSR count). The molecule has 3 aromatic rings. The Bertz CT molecular complexity index is 1310. The molecule has 7 nitrogen and oxygen atoms in total. The first-order chi connectivity index (χ1) is 14.6. The van der Waals surface area contributed by atoms with Gasteiger partial charge >= 0.3 is 5.97 Å². The SMILES string of the molecule is Nc1cc(-n2cc(C(=O)O)c(=O)c3cc(Cl)c(N4CCC(N)C4)c(F)c32)c(F)cc1F. The third-order valence-corrected chi connectivity index (χ3v) is 5.54. The summed E-state index contributed by atoms with van der Waals surface area (Å²) in [6.07, 6.45) is 1.36. The Morgan fingerprint density at radius 2 is 1.90 bits per heavy atom. The predicted molar refractivity (Wildman–Crippen MR) is 111 cm³/mol. The summed E-state index contributed by atoms with van der Waals surface area (Å²) in [5.74, 6) is -4.75.